The average Bonchev–Trinajstić information content (AvgIpc) is 2.26. The van der Waals surface area contributed by atoms with Gasteiger partial charge in [0, 0.05) is 25.9 Å². The highest BCUT2D eigenvalue weighted by Gasteiger charge is 2.30. The molecule has 0 N–H and O–H groups in total. The van der Waals surface area contributed by atoms with Crippen LogP contribution < -0.4 is 9.64 Å². The third-order valence-corrected chi connectivity index (χ3v) is 2.37. The zero-order valence-electron chi connectivity index (χ0n) is 11.5. The van der Waals surface area contributed by atoms with Gasteiger partial charge in [-0.2, -0.15) is 13.2 Å². The number of ether oxygens (including phenoxy) is 1. The van der Waals surface area contributed by atoms with Gasteiger partial charge in [-0.3, -0.25) is 4.79 Å². The van der Waals surface area contributed by atoms with Crippen LogP contribution in [-0.2, 0) is 4.79 Å². The van der Waals surface area contributed by atoms with Gasteiger partial charge in [-0.1, -0.05) is 0 Å². The first-order valence-corrected chi connectivity index (χ1v) is 5.90. The van der Waals surface area contributed by atoms with E-state index in [1.54, 1.807) is 24.3 Å². The fraction of sp³-hybridized carbons (Fsp3) is 0.357. The molecule has 3 nitrogen and oxygen atoms in total. The summed E-state index contributed by atoms with van der Waals surface area (Å²) in [6.07, 6.45) is -5.12. The molecular weight excluding hydrogens is 271 g/mol. The maximum atomic E-state index is 12.0. The average molecular weight is 287 g/mol. The van der Waals surface area contributed by atoms with Gasteiger partial charge in [0.25, 0.3) is 0 Å². The molecule has 0 unspecified atom stereocenters. The van der Waals surface area contributed by atoms with E-state index in [2.05, 4.69) is 0 Å². The molecule has 1 aromatic carbocycles. The van der Waals surface area contributed by atoms with Crippen molar-refractivity contribution < 1.29 is 22.7 Å². The lowest BCUT2D eigenvalue weighted by atomic mass is 10.2. The fourth-order valence-electron chi connectivity index (χ4n) is 1.50. The highest BCUT2D eigenvalue weighted by Crippen LogP contribution is 2.22. The molecule has 0 aliphatic heterocycles. The van der Waals surface area contributed by atoms with E-state index in [1.165, 1.54) is 6.92 Å². The molecule has 0 aromatic heterocycles. The number of rotatable bonds is 5. The molecule has 1 aromatic rings. The quantitative estimate of drug-likeness (QED) is 0.612. The summed E-state index contributed by atoms with van der Waals surface area (Å²) in [5, 5.41) is 0. The van der Waals surface area contributed by atoms with Gasteiger partial charge in [0.1, 0.15) is 17.9 Å². The van der Waals surface area contributed by atoms with E-state index in [0.29, 0.717) is 5.75 Å². The van der Waals surface area contributed by atoms with Crippen molar-refractivity contribution >= 4 is 11.5 Å². The molecule has 20 heavy (non-hydrogen) atoms. The lowest BCUT2D eigenvalue weighted by molar-refractivity contribution is -0.149. The molecule has 110 valence electrons. The number of carbonyl (C=O) groups excluding carboxylic acids is 1. The number of carbonyl (C=O) groups is 1. The van der Waals surface area contributed by atoms with Gasteiger partial charge < -0.3 is 9.64 Å². The zero-order chi connectivity index (χ0) is 15.3. The van der Waals surface area contributed by atoms with Crippen LogP contribution in [-0.4, -0.2) is 26.1 Å². The van der Waals surface area contributed by atoms with E-state index in [0.717, 1.165) is 11.8 Å². The number of benzene rings is 1. The lowest BCUT2D eigenvalue weighted by Crippen LogP contribution is -2.13. The second-order valence-corrected chi connectivity index (χ2v) is 4.50. The number of ketones is 1. The second-order valence-electron chi connectivity index (χ2n) is 4.50. The summed E-state index contributed by atoms with van der Waals surface area (Å²) in [4.78, 5) is 13.0. The van der Waals surface area contributed by atoms with Gasteiger partial charge in [0.15, 0.2) is 5.78 Å². The number of allylic oxidation sites excluding steroid dienone is 2. The molecule has 1 rings (SSSR count). The summed E-state index contributed by atoms with van der Waals surface area (Å²) in [5.41, 5.74) is 0.965. The third kappa shape index (κ3) is 5.77. The molecule has 0 aliphatic rings. The summed E-state index contributed by atoms with van der Waals surface area (Å²) in [7, 11) is 3.77. The highest BCUT2D eigenvalue weighted by molar-refractivity contribution is 5.90. The minimum atomic E-state index is -4.50. The van der Waals surface area contributed by atoms with Crippen LogP contribution >= 0.6 is 0 Å². The van der Waals surface area contributed by atoms with Crippen molar-refractivity contribution in [1.82, 2.24) is 0 Å². The molecule has 0 spiro atoms. The van der Waals surface area contributed by atoms with E-state index in [1.807, 2.05) is 19.0 Å². The maximum Gasteiger partial charge on any atom is 0.396 e. The summed E-state index contributed by atoms with van der Waals surface area (Å²) in [5.74, 6) is -0.444. The van der Waals surface area contributed by atoms with Crippen molar-refractivity contribution in [2.75, 3.05) is 19.0 Å². The van der Waals surface area contributed by atoms with Crippen LogP contribution in [0.3, 0.4) is 0 Å². The Balaban J connectivity index is 2.65. The maximum absolute atomic E-state index is 12.0. The summed E-state index contributed by atoms with van der Waals surface area (Å²) >= 11 is 0. The topological polar surface area (TPSA) is 29.5 Å². The van der Waals surface area contributed by atoms with Gasteiger partial charge in [0.2, 0.25) is 0 Å². The predicted molar refractivity (Wildman–Crippen MR) is 70.8 cm³/mol. The second kappa shape index (κ2) is 6.45. The van der Waals surface area contributed by atoms with Crippen LogP contribution in [0, 0.1) is 0 Å². The Bertz CT molecular complexity index is 490. The Morgan fingerprint density at radius 3 is 2.25 bits per heavy atom. The van der Waals surface area contributed by atoms with Crippen molar-refractivity contribution in [3.05, 3.63) is 36.1 Å². The van der Waals surface area contributed by atoms with E-state index in [9.17, 15) is 18.0 Å². The summed E-state index contributed by atoms with van der Waals surface area (Å²) in [6.45, 7) is 1.44. The number of nitrogens with zero attached hydrogens (tertiary/aromatic N) is 1. The van der Waals surface area contributed by atoms with Crippen molar-refractivity contribution in [1.29, 1.82) is 0 Å². The van der Waals surface area contributed by atoms with Gasteiger partial charge >= 0.3 is 6.18 Å². The number of alkyl halides is 3. The third-order valence-electron chi connectivity index (χ3n) is 2.37. The lowest BCUT2D eigenvalue weighted by Gasteiger charge is -2.13. The van der Waals surface area contributed by atoms with Crippen LogP contribution in [0.4, 0.5) is 18.9 Å². The predicted octanol–water partition coefficient (Wildman–Crippen LogP) is 3.56. The molecule has 0 heterocycles. The molecule has 0 radical (unpaired) electrons. The Morgan fingerprint density at radius 2 is 1.80 bits per heavy atom. The van der Waals surface area contributed by atoms with Crippen molar-refractivity contribution in [3.63, 3.8) is 0 Å². The standard InChI is InChI=1S/C14H16F3NO2/c1-10(8-12(19)9-14(15,16)17)20-13-6-4-11(5-7-13)18(2)3/h4-8H,9H2,1-3H3/b10-8+. The molecule has 0 saturated carbocycles. The van der Waals surface area contributed by atoms with Gasteiger partial charge in [-0.25, -0.2) is 0 Å². The number of halogens is 3. The van der Waals surface area contributed by atoms with Crippen molar-refractivity contribution in [2.45, 2.75) is 19.5 Å². The minimum Gasteiger partial charge on any atom is -0.462 e. The monoisotopic (exact) mass is 287 g/mol. The normalized spacial score (nSPS) is 12.2. The van der Waals surface area contributed by atoms with Crippen LogP contribution in [0.2, 0.25) is 0 Å². The Kier molecular flexibility index (Phi) is 5.19. The van der Waals surface area contributed by atoms with E-state index < -0.39 is 18.4 Å². The summed E-state index contributed by atoms with van der Waals surface area (Å²) in [6, 6.07) is 6.97. The van der Waals surface area contributed by atoms with Crippen LogP contribution in [0.15, 0.2) is 36.1 Å². The first-order valence-electron chi connectivity index (χ1n) is 5.90. The van der Waals surface area contributed by atoms with Crippen LogP contribution in [0.25, 0.3) is 0 Å². The molecule has 0 bridgehead atoms. The van der Waals surface area contributed by atoms with E-state index >= 15 is 0 Å². The summed E-state index contributed by atoms with van der Waals surface area (Å²) < 4.78 is 41.3. The molecule has 6 heteroatoms. The van der Waals surface area contributed by atoms with Crippen molar-refractivity contribution in [2.24, 2.45) is 0 Å². The minimum absolute atomic E-state index is 0.122. The van der Waals surface area contributed by atoms with Gasteiger partial charge in [-0.05, 0) is 31.2 Å². The van der Waals surface area contributed by atoms with Crippen LogP contribution in [0.5, 0.6) is 5.75 Å². The van der Waals surface area contributed by atoms with Crippen molar-refractivity contribution in [3.8, 4) is 5.75 Å². The zero-order valence-corrected chi connectivity index (χ0v) is 11.5. The molecule has 0 fully saturated rings. The van der Waals surface area contributed by atoms with Crippen LogP contribution in [0.1, 0.15) is 13.3 Å². The van der Waals surface area contributed by atoms with Gasteiger partial charge in [-0.15, -0.1) is 0 Å². The number of hydrogen-bond donors (Lipinski definition) is 0. The van der Waals surface area contributed by atoms with E-state index in [-0.39, 0.29) is 5.76 Å². The number of anilines is 1. The Morgan fingerprint density at radius 1 is 1.25 bits per heavy atom. The first kappa shape index (κ1) is 16.1. The SMILES string of the molecule is C/C(=C\C(=O)CC(F)(F)F)Oc1ccc(N(C)C)cc1. The highest BCUT2D eigenvalue weighted by atomic mass is 19.4. The van der Waals surface area contributed by atoms with E-state index in [4.69, 9.17) is 4.74 Å². The smallest absolute Gasteiger partial charge is 0.396 e. The largest absolute Gasteiger partial charge is 0.462 e. The molecule has 0 saturated heterocycles. The Hall–Kier alpha value is -1.98. The molecule has 0 aliphatic carbocycles. The molecule has 0 amide bonds. The molecule has 0 atom stereocenters. The Labute approximate surface area is 115 Å². The van der Waals surface area contributed by atoms with Gasteiger partial charge in [0.05, 0.1) is 0 Å². The fourth-order valence-corrected chi connectivity index (χ4v) is 1.50. The first-order chi connectivity index (χ1) is 9.17. The molecular formula is C14H16F3NO2. The number of hydrogen-bond acceptors (Lipinski definition) is 3.